The molecule has 0 fully saturated rings. The van der Waals surface area contributed by atoms with Gasteiger partial charge in [0.15, 0.2) is 0 Å². The van der Waals surface area contributed by atoms with Crippen molar-refractivity contribution in [3.63, 3.8) is 0 Å². The van der Waals surface area contributed by atoms with Crippen LogP contribution in [0, 0.1) is 13.8 Å². The van der Waals surface area contributed by atoms with Gasteiger partial charge < -0.3 is 5.32 Å². The number of hydrogen-bond acceptors (Lipinski definition) is 3. The van der Waals surface area contributed by atoms with E-state index in [1.54, 1.807) is 11.3 Å². The molecule has 0 radical (unpaired) electrons. The number of aryl methyl sites for hydroxylation is 2. The maximum atomic E-state index is 4.43. The first kappa shape index (κ1) is 12.3. The summed E-state index contributed by atoms with van der Waals surface area (Å²) in [6.45, 7) is 7.27. The molecule has 1 unspecified atom stereocenters. The van der Waals surface area contributed by atoms with Crippen LogP contribution in [0.3, 0.4) is 0 Å². The summed E-state index contributed by atoms with van der Waals surface area (Å²) in [4.78, 5) is 1.38. The highest BCUT2D eigenvalue weighted by molar-refractivity contribution is 7.10. The van der Waals surface area contributed by atoms with E-state index in [9.17, 15) is 0 Å². The lowest BCUT2D eigenvalue weighted by molar-refractivity contribution is 0.579. The summed E-state index contributed by atoms with van der Waals surface area (Å²) in [6.07, 6.45) is 0. The van der Waals surface area contributed by atoms with E-state index in [1.807, 2.05) is 11.7 Å². The molecular weight excluding hydrogens is 230 g/mol. The van der Waals surface area contributed by atoms with Gasteiger partial charge in [-0.25, -0.2) is 0 Å². The van der Waals surface area contributed by atoms with Crippen LogP contribution >= 0.6 is 11.3 Å². The van der Waals surface area contributed by atoms with Gasteiger partial charge in [0.05, 0.1) is 5.69 Å². The smallest absolute Gasteiger partial charge is 0.0641 e. The van der Waals surface area contributed by atoms with Gasteiger partial charge in [0.25, 0.3) is 0 Å². The maximum absolute atomic E-state index is 4.43. The lowest BCUT2D eigenvalue weighted by Crippen LogP contribution is -2.18. The van der Waals surface area contributed by atoms with Crippen LogP contribution in [0.15, 0.2) is 17.5 Å². The molecule has 17 heavy (non-hydrogen) atoms. The molecule has 3 nitrogen and oxygen atoms in total. The Kier molecular flexibility index (Phi) is 3.64. The van der Waals surface area contributed by atoms with Crippen LogP contribution in [0.5, 0.6) is 0 Å². The van der Waals surface area contributed by atoms with Gasteiger partial charge in [0.1, 0.15) is 0 Å². The molecule has 0 aliphatic rings. The van der Waals surface area contributed by atoms with Crippen molar-refractivity contribution in [2.75, 3.05) is 0 Å². The molecule has 2 heterocycles. The van der Waals surface area contributed by atoms with Crippen molar-refractivity contribution in [1.82, 2.24) is 15.1 Å². The monoisotopic (exact) mass is 249 g/mol. The molecule has 2 aromatic heterocycles. The van der Waals surface area contributed by atoms with Gasteiger partial charge in [-0.15, -0.1) is 11.3 Å². The molecule has 0 spiro atoms. The van der Waals surface area contributed by atoms with Gasteiger partial charge in [0, 0.05) is 35.8 Å². The number of aromatic nitrogens is 2. The van der Waals surface area contributed by atoms with Crippen LogP contribution < -0.4 is 5.32 Å². The predicted octanol–water partition coefficient (Wildman–Crippen LogP) is 2.95. The van der Waals surface area contributed by atoms with Gasteiger partial charge in [0.2, 0.25) is 0 Å². The van der Waals surface area contributed by atoms with Gasteiger partial charge in [-0.3, -0.25) is 4.68 Å². The molecule has 1 N–H and O–H groups in total. The van der Waals surface area contributed by atoms with E-state index in [0.717, 1.165) is 12.2 Å². The highest BCUT2D eigenvalue weighted by atomic mass is 32.1. The largest absolute Gasteiger partial charge is 0.305 e. The zero-order valence-corrected chi connectivity index (χ0v) is 11.6. The summed E-state index contributed by atoms with van der Waals surface area (Å²) in [5.74, 6) is 0. The second-order valence-electron chi connectivity index (χ2n) is 4.39. The van der Waals surface area contributed by atoms with E-state index in [-0.39, 0.29) is 0 Å². The first-order valence-corrected chi connectivity index (χ1v) is 6.73. The maximum Gasteiger partial charge on any atom is 0.0641 e. The lowest BCUT2D eigenvalue weighted by Gasteiger charge is -2.12. The average molecular weight is 249 g/mol. The predicted molar refractivity (Wildman–Crippen MR) is 72.3 cm³/mol. The Morgan fingerprint density at radius 1 is 1.47 bits per heavy atom. The van der Waals surface area contributed by atoms with Crippen LogP contribution in [0.25, 0.3) is 0 Å². The minimum absolute atomic E-state index is 0.397. The number of nitrogens with zero attached hydrogens (tertiary/aromatic N) is 2. The summed E-state index contributed by atoms with van der Waals surface area (Å²) in [5.41, 5.74) is 3.68. The van der Waals surface area contributed by atoms with Crippen LogP contribution in [0.1, 0.15) is 34.8 Å². The van der Waals surface area contributed by atoms with Crippen molar-refractivity contribution < 1.29 is 0 Å². The van der Waals surface area contributed by atoms with Gasteiger partial charge in [-0.05, 0) is 32.2 Å². The fourth-order valence-corrected chi connectivity index (χ4v) is 2.73. The highest BCUT2D eigenvalue weighted by Gasteiger charge is 2.11. The average Bonchev–Trinajstić information content (AvgIpc) is 2.88. The summed E-state index contributed by atoms with van der Waals surface area (Å²) in [5, 5.41) is 10.1. The zero-order chi connectivity index (χ0) is 12.4. The Morgan fingerprint density at radius 3 is 2.76 bits per heavy atom. The van der Waals surface area contributed by atoms with Crippen molar-refractivity contribution >= 4 is 11.3 Å². The standard InChI is InChI=1S/C13H19N3S/c1-9-12(11(3)16(4)15-9)8-14-10(2)13-6-5-7-17-13/h5-7,10,14H,8H2,1-4H3. The van der Waals surface area contributed by atoms with E-state index in [2.05, 4.69) is 48.7 Å². The Morgan fingerprint density at radius 2 is 2.24 bits per heavy atom. The van der Waals surface area contributed by atoms with Gasteiger partial charge in [-0.1, -0.05) is 6.07 Å². The van der Waals surface area contributed by atoms with Gasteiger partial charge in [-0.2, -0.15) is 5.10 Å². The van der Waals surface area contributed by atoms with Crippen molar-refractivity contribution in [1.29, 1.82) is 0 Å². The van der Waals surface area contributed by atoms with Crippen LogP contribution in [-0.2, 0) is 13.6 Å². The van der Waals surface area contributed by atoms with Crippen molar-refractivity contribution in [2.45, 2.75) is 33.4 Å². The molecule has 2 aromatic rings. The van der Waals surface area contributed by atoms with E-state index >= 15 is 0 Å². The molecule has 0 aromatic carbocycles. The summed E-state index contributed by atoms with van der Waals surface area (Å²) < 4.78 is 1.95. The van der Waals surface area contributed by atoms with Crippen molar-refractivity contribution in [3.05, 3.63) is 39.3 Å². The summed E-state index contributed by atoms with van der Waals surface area (Å²) in [7, 11) is 1.99. The SMILES string of the molecule is Cc1nn(C)c(C)c1CNC(C)c1cccs1. The fraction of sp³-hybridized carbons (Fsp3) is 0.462. The Labute approximate surface area is 106 Å². The van der Waals surface area contributed by atoms with E-state index in [4.69, 9.17) is 0 Å². The fourth-order valence-electron chi connectivity index (χ4n) is 1.97. The van der Waals surface area contributed by atoms with Crippen LogP contribution in [0.4, 0.5) is 0 Å². The third kappa shape index (κ3) is 2.58. The molecule has 0 amide bonds. The third-order valence-corrected chi connectivity index (χ3v) is 4.27. The molecule has 1 atom stereocenters. The molecular formula is C13H19N3S. The lowest BCUT2D eigenvalue weighted by atomic mass is 10.2. The van der Waals surface area contributed by atoms with Crippen LogP contribution in [0.2, 0.25) is 0 Å². The van der Waals surface area contributed by atoms with Gasteiger partial charge >= 0.3 is 0 Å². The molecule has 0 aliphatic heterocycles. The zero-order valence-electron chi connectivity index (χ0n) is 10.8. The quantitative estimate of drug-likeness (QED) is 0.903. The van der Waals surface area contributed by atoms with Crippen molar-refractivity contribution in [2.24, 2.45) is 7.05 Å². The number of rotatable bonds is 4. The number of nitrogens with one attached hydrogen (secondary N) is 1. The molecule has 2 rings (SSSR count). The molecule has 92 valence electrons. The normalized spacial score (nSPS) is 12.9. The topological polar surface area (TPSA) is 29.9 Å². The summed E-state index contributed by atoms with van der Waals surface area (Å²) in [6, 6.07) is 4.67. The van der Waals surface area contributed by atoms with Crippen molar-refractivity contribution in [3.8, 4) is 0 Å². The van der Waals surface area contributed by atoms with E-state index in [0.29, 0.717) is 6.04 Å². The molecule has 4 heteroatoms. The first-order valence-electron chi connectivity index (χ1n) is 5.85. The Hall–Kier alpha value is -1.13. The minimum Gasteiger partial charge on any atom is -0.305 e. The highest BCUT2D eigenvalue weighted by Crippen LogP contribution is 2.19. The second-order valence-corrected chi connectivity index (χ2v) is 5.37. The van der Waals surface area contributed by atoms with E-state index < -0.39 is 0 Å². The second kappa shape index (κ2) is 5.02. The first-order chi connectivity index (χ1) is 8.09. The number of hydrogen-bond donors (Lipinski definition) is 1. The molecule has 0 saturated heterocycles. The molecule has 0 bridgehead atoms. The van der Waals surface area contributed by atoms with E-state index in [1.165, 1.54) is 16.1 Å². The third-order valence-electron chi connectivity index (χ3n) is 3.21. The Balaban J connectivity index is 2.03. The minimum atomic E-state index is 0.397. The molecule has 0 saturated carbocycles. The van der Waals surface area contributed by atoms with Crippen LogP contribution in [-0.4, -0.2) is 9.78 Å². The summed E-state index contributed by atoms with van der Waals surface area (Å²) >= 11 is 1.80. The molecule has 0 aliphatic carbocycles. The number of thiophene rings is 1. The Bertz CT molecular complexity index is 485.